The van der Waals surface area contributed by atoms with E-state index in [2.05, 4.69) is 30.4 Å². The van der Waals surface area contributed by atoms with E-state index in [0.717, 1.165) is 32.1 Å². The largest absolute Gasteiger partial charge is 0.392 e. The van der Waals surface area contributed by atoms with Crippen molar-refractivity contribution in [2.45, 2.75) is 45.4 Å². The molecular formula is C17H24N2OS. The van der Waals surface area contributed by atoms with Crippen molar-refractivity contribution in [3.05, 3.63) is 35.4 Å². The van der Waals surface area contributed by atoms with E-state index in [0.29, 0.717) is 11.5 Å². The first kappa shape index (κ1) is 16.0. The van der Waals surface area contributed by atoms with Gasteiger partial charge in [-0.3, -0.25) is 4.79 Å². The van der Waals surface area contributed by atoms with Crippen molar-refractivity contribution in [2.24, 2.45) is 11.1 Å². The molecule has 1 aliphatic carbocycles. The highest BCUT2D eigenvalue weighted by Gasteiger charge is 2.41. The zero-order chi connectivity index (χ0) is 15.3. The van der Waals surface area contributed by atoms with Crippen LogP contribution in [0.1, 0.15) is 43.2 Å². The maximum atomic E-state index is 12.5. The van der Waals surface area contributed by atoms with Crippen molar-refractivity contribution in [1.29, 1.82) is 0 Å². The molecule has 3 nitrogen and oxygen atoms in total. The molecule has 0 radical (unpaired) electrons. The van der Waals surface area contributed by atoms with Crippen molar-refractivity contribution in [3.8, 4) is 0 Å². The number of carbonyl (C=O) groups excluding carboxylic acids is 1. The van der Waals surface area contributed by atoms with Crippen LogP contribution < -0.4 is 11.1 Å². The Labute approximate surface area is 132 Å². The molecule has 0 saturated heterocycles. The second-order valence-corrected chi connectivity index (χ2v) is 6.44. The summed E-state index contributed by atoms with van der Waals surface area (Å²) in [5, 5.41) is 3.04. The van der Waals surface area contributed by atoms with Gasteiger partial charge < -0.3 is 11.1 Å². The number of amides is 1. The average Bonchev–Trinajstić information content (AvgIpc) is 2.47. The predicted octanol–water partition coefficient (Wildman–Crippen LogP) is 2.89. The fourth-order valence-electron chi connectivity index (χ4n) is 3.10. The summed E-state index contributed by atoms with van der Waals surface area (Å²) in [6.07, 6.45) is 5.64. The Morgan fingerprint density at radius 2 is 2.05 bits per heavy atom. The van der Waals surface area contributed by atoms with Gasteiger partial charge in [0.1, 0.15) is 0 Å². The van der Waals surface area contributed by atoms with Crippen LogP contribution in [0.25, 0.3) is 0 Å². The number of rotatable bonds is 5. The van der Waals surface area contributed by atoms with E-state index in [9.17, 15) is 4.79 Å². The molecule has 3 N–H and O–H groups in total. The second-order valence-electron chi connectivity index (χ2n) is 6.00. The number of benzene rings is 1. The summed E-state index contributed by atoms with van der Waals surface area (Å²) < 4.78 is 0. The summed E-state index contributed by atoms with van der Waals surface area (Å²) in [5.41, 5.74) is 7.75. The highest BCUT2D eigenvalue weighted by Crippen LogP contribution is 2.36. The van der Waals surface area contributed by atoms with Gasteiger partial charge in [-0.15, -0.1) is 0 Å². The number of carbonyl (C=O) groups is 1. The lowest BCUT2D eigenvalue weighted by molar-refractivity contribution is -0.128. The smallest absolute Gasteiger partial charge is 0.233 e. The molecule has 1 aromatic carbocycles. The van der Waals surface area contributed by atoms with E-state index in [1.807, 2.05) is 6.07 Å². The Balaban J connectivity index is 1.92. The number of nitrogens with two attached hydrogens (primary N) is 1. The quantitative estimate of drug-likeness (QED) is 0.822. The zero-order valence-electron chi connectivity index (χ0n) is 12.7. The molecule has 0 unspecified atom stereocenters. The average molecular weight is 304 g/mol. The van der Waals surface area contributed by atoms with Crippen molar-refractivity contribution < 1.29 is 4.79 Å². The van der Waals surface area contributed by atoms with Crippen LogP contribution in [-0.2, 0) is 11.2 Å². The summed E-state index contributed by atoms with van der Waals surface area (Å²) in [4.78, 5) is 12.9. The third-order valence-electron chi connectivity index (χ3n) is 4.40. The van der Waals surface area contributed by atoms with Gasteiger partial charge in [0.25, 0.3) is 0 Å². The minimum Gasteiger partial charge on any atom is -0.392 e. The summed E-state index contributed by atoms with van der Waals surface area (Å²) in [7, 11) is 0. The first-order chi connectivity index (χ1) is 10.0. The fraction of sp³-hybridized carbons (Fsp3) is 0.529. The number of hydrogen-bond donors (Lipinski definition) is 2. The van der Waals surface area contributed by atoms with E-state index in [1.54, 1.807) is 0 Å². The van der Waals surface area contributed by atoms with Gasteiger partial charge in [0, 0.05) is 6.54 Å². The van der Waals surface area contributed by atoms with Gasteiger partial charge >= 0.3 is 0 Å². The molecule has 1 fully saturated rings. The van der Waals surface area contributed by atoms with E-state index in [4.69, 9.17) is 18.0 Å². The Morgan fingerprint density at radius 1 is 1.33 bits per heavy atom. The van der Waals surface area contributed by atoms with E-state index in [-0.39, 0.29) is 5.91 Å². The van der Waals surface area contributed by atoms with Gasteiger partial charge in [-0.25, -0.2) is 0 Å². The van der Waals surface area contributed by atoms with Gasteiger partial charge in [-0.1, -0.05) is 61.3 Å². The maximum absolute atomic E-state index is 12.5. The molecule has 1 amide bonds. The minimum atomic E-state index is -0.611. The molecular weight excluding hydrogens is 280 g/mol. The van der Waals surface area contributed by atoms with Crippen LogP contribution in [0.2, 0.25) is 0 Å². The molecule has 0 heterocycles. The van der Waals surface area contributed by atoms with E-state index >= 15 is 0 Å². The zero-order valence-corrected chi connectivity index (χ0v) is 13.5. The first-order valence-electron chi connectivity index (χ1n) is 7.68. The minimum absolute atomic E-state index is 0.0161. The Bertz CT molecular complexity index is 521. The van der Waals surface area contributed by atoms with E-state index < -0.39 is 5.41 Å². The molecule has 0 spiro atoms. The molecule has 4 heteroatoms. The summed E-state index contributed by atoms with van der Waals surface area (Å²) in [6, 6.07) is 8.36. The molecule has 0 aliphatic heterocycles. The molecule has 0 atom stereocenters. The lowest BCUT2D eigenvalue weighted by atomic mass is 9.73. The summed E-state index contributed by atoms with van der Waals surface area (Å²) >= 11 is 5.18. The number of hydrogen-bond acceptors (Lipinski definition) is 2. The monoisotopic (exact) mass is 304 g/mol. The van der Waals surface area contributed by atoms with E-state index in [1.165, 1.54) is 17.5 Å². The van der Waals surface area contributed by atoms with Crippen molar-refractivity contribution >= 4 is 23.1 Å². The van der Waals surface area contributed by atoms with Crippen LogP contribution in [0.3, 0.4) is 0 Å². The molecule has 0 aromatic heterocycles. The standard InChI is InChI=1S/C17H24N2OS/c1-13-6-5-7-14(12-13)8-11-19-16(20)17(15(18)21)9-3-2-4-10-17/h5-7,12H,2-4,8-11H2,1H3,(H2,18,21)(H,19,20). The van der Waals surface area contributed by atoms with Crippen molar-refractivity contribution in [1.82, 2.24) is 5.32 Å². The van der Waals surface area contributed by atoms with Crippen LogP contribution in [0, 0.1) is 12.3 Å². The third kappa shape index (κ3) is 3.82. The van der Waals surface area contributed by atoms with Gasteiger partial charge in [0.05, 0.1) is 10.4 Å². The van der Waals surface area contributed by atoms with Crippen LogP contribution in [0.5, 0.6) is 0 Å². The Morgan fingerprint density at radius 3 is 2.67 bits per heavy atom. The van der Waals surface area contributed by atoms with Crippen molar-refractivity contribution in [2.75, 3.05) is 6.54 Å². The fourth-order valence-corrected chi connectivity index (χ4v) is 3.39. The highest BCUT2D eigenvalue weighted by molar-refractivity contribution is 7.80. The first-order valence-corrected chi connectivity index (χ1v) is 8.09. The normalized spacial score (nSPS) is 17.2. The topological polar surface area (TPSA) is 55.1 Å². The highest BCUT2D eigenvalue weighted by atomic mass is 32.1. The number of nitrogens with one attached hydrogen (secondary N) is 1. The van der Waals surface area contributed by atoms with Gasteiger partial charge in [-0.05, 0) is 31.7 Å². The Hall–Kier alpha value is -1.42. The van der Waals surface area contributed by atoms with Crippen LogP contribution in [0.15, 0.2) is 24.3 Å². The van der Waals surface area contributed by atoms with Crippen LogP contribution >= 0.6 is 12.2 Å². The number of aryl methyl sites for hydroxylation is 1. The lowest BCUT2D eigenvalue weighted by Crippen LogP contribution is -2.50. The van der Waals surface area contributed by atoms with Gasteiger partial charge in [0.2, 0.25) is 5.91 Å². The Kier molecular flexibility index (Phi) is 5.34. The summed E-state index contributed by atoms with van der Waals surface area (Å²) in [6.45, 7) is 2.71. The molecule has 1 aliphatic rings. The molecule has 2 rings (SSSR count). The lowest BCUT2D eigenvalue weighted by Gasteiger charge is -2.34. The summed E-state index contributed by atoms with van der Waals surface area (Å²) in [5.74, 6) is 0.0161. The molecule has 1 aromatic rings. The SMILES string of the molecule is Cc1cccc(CCNC(=O)C2(C(N)=S)CCCCC2)c1. The molecule has 1 saturated carbocycles. The predicted molar refractivity (Wildman–Crippen MR) is 90.2 cm³/mol. The maximum Gasteiger partial charge on any atom is 0.233 e. The third-order valence-corrected chi connectivity index (χ3v) is 4.79. The van der Waals surface area contributed by atoms with Crippen molar-refractivity contribution in [3.63, 3.8) is 0 Å². The van der Waals surface area contributed by atoms with Crippen LogP contribution in [-0.4, -0.2) is 17.4 Å². The molecule has 21 heavy (non-hydrogen) atoms. The second kappa shape index (κ2) is 7.03. The molecule has 114 valence electrons. The van der Waals surface area contributed by atoms with Crippen LogP contribution in [0.4, 0.5) is 0 Å². The molecule has 0 bridgehead atoms. The number of thiocarbonyl (C=S) groups is 1. The van der Waals surface area contributed by atoms with Gasteiger partial charge in [-0.2, -0.15) is 0 Å². The van der Waals surface area contributed by atoms with Gasteiger partial charge in [0.15, 0.2) is 0 Å².